The number of benzene rings is 1. The van der Waals surface area contributed by atoms with Crippen molar-refractivity contribution in [2.45, 2.75) is 18.9 Å². The Kier molecular flexibility index (Phi) is 5.81. The van der Waals surface area contributed by atoms with E-state index in [-0.39, 0.29) is 18.8 Å². The number of halogens is 3. The summed E-state index contributed by atoms with van der Waals surface area (Å²) in [5.41, 5.74) is 7.45. The summed E-state index contributed by atoms with van der Waals surface area (Å²) in [6.45, 7) is 0.880. The Balaban J connectivity index is 1.22. The number of fused-ring (bicyclic) bond motifs is 2. The molecule has 1 aromatic carbocycles. The number of alkyl halides is 2. The van der Waals surface area contributed by atoms with E-state index in [1.54, 1.807) is 41.8 Å². The van der Waals surface area contributed by atoms with Gasteiger partial charge in [-0.05, 0) is 48.0 Å². The standard InChI is InChI=1S/C29H23F3N8/c30-20-3-1-18(2-4-20)25-27-22(5-7-34-25)38-28(39-27)26-21-10-23(35-13-24(21)36-16-37-26)19-9-17(11-33-12-19)14-40-8-6-29(31,32)15-40/h1-5,7,9-13,36H,6,8,14-16H2,(H,38,39). The molecular weight excluding hydrogens is 517 g/mol. The van der Waals surface area contributed by atoms with Crippen LogP contribution in [0.15, 0.2) is 72.2 Å². The maximum atomic E-state index is 13.7. The van der Waals surface area contributed by atoms with Gasteiger partial charge in [-0.15, -0.1) is 0 Å². The molecule has 0 spiro atoms. The Morgan fingerprint density at radius 3 is 2.67 bits per heavy atom. The fourth-order valence-corrected chi connectivity index (χ4v) is 5.22. The average molecular weight is 541 g/mol. The van der Waals surface area contributed by atoms with Gasteiger partial charge in [-0.2, -0.15) is 0 Å². The Bertz CT molecular complexity index is 1760. The van der Waals surface area contributed by atoms with Crippen LogP contribution in [0.25, 0.3) is 33.5 Å². The van der Waals surface area contributed by atoms with Crippen molar-refractivity contribution < 1.29 is 13.2 Å². The fraction of sp³-hybridized carbons (Fsp3) is 0.207. The first-order valence-electron chi connectivity index (χ1n) is 12.9. The van der Waals surface area contributed by atoms with Gasteiger partial charge in [-0.25, -0.2) is 18.2 Å². The van der Waals surface area contributed by atoms with Crippen LogP contribution >= 0.6 is 0 Å². The monoisotopic (exact) mass is 540 g/mol. The Hall–Kier alpha value is -4.64. The minimum Gasteiger partial charge on any atom is -0.364 e. The third-order valence-corrected chi connectivity index (χ3v) is 7.15. The van der Waals surface area contributed by atoms with Crippen molar-refractivity contribution in [1.82, 2.24) is 29.8 Å². The van der Waals surface area contributed by atoms with E-state index in [2.05, 4.69) is 25.3 Å². The number of likely N-dealkylation sites (tertiary alicyclic amines) is 1. The molecule has 1 saturated heterocycles. The van der Waals surface area contributed by atoms with Crippen molar-refractivity contribution in [1.29, 1.82) is 0 Å². The van der Waals surface area contributed by atoms with Gasteiger partial charge in [0.2, 0.25) is 0 Å². The highest BCUT2D eigenvalue weighted by atomic mass is 19.3. The molecule has 0 aliphatic carbocycles. The molecule has 200 valence electrons. The molecule has 7 rings (SSSR count). The lowest BCUT2D eigenvalue weighted by Crippen LogP contribution is -2.24. The third kappa shape index (κ3) is 4.58. The minimum atomic E-state index is -2.64. The molecule has 2 N–H and O–H groups in total. The van der Waals surface area contributed by atoms with Gasteiger partial charge >= 0.3 is 0 Å². The van der Waals surface area contributed by atoms with Gasteiger partial charge in [0.15, 0.2) is 5.82 Å². The molecule has 6 heterocycles. The van der Waals surface area contributed by atoms with Crippen LogP contribution in [0.5, 0.6) is 0 Å². The average Bonchev–Trinajstić information content (AvgIpc) is 3.55. The second-order valence-corrected chi connectivity index (χ2v) is 10.0. The third-order valence-electron chi connectivity index (χ3n) is 7.15. The molecule has 0 atom stereocenters. The van der Waals surface area contributed by atoms with Crippen molar-refractivity contribution >= 4 is 22.4 Å². The number of nitrogens with zero attached hydrogens (tertiary/aromatic N) is 6. The molecule has 0 amide bonds. The number of hydrogen-bond acceptors (Lipinski definition) is 7. The second kappa shape index (κ2) is 9.53. The number of pyridine rings is 3. The van der Waals surface area contributed by atoms with Gasteiger partial charge < -0.3 is 10.3 Å². The zero-order valence-corrected chi connectivity index (χ0v) is 21.2. The van der Waals surface area contributed by atoms with Crippen molar-refractivity contribution in [2.24, 2.45) is 4.99 Å². The molecule has 2 aliphatic rings. The number of H-pyrrole nitrogens is 1. The summed E-state index contributed by atoms with van der Waals surface area (Å²) in [7, 11) is 0. The number of aromatic amines is 1. The van der Waals surface area contributed by atoms with Crippen molar-refractivity contribution in [3.8, 4) is 22.5 Å². The number of imidazole rings is 1. The normalized spacial score (nSPS) is 16.5. The van der Waals surface area contributed by atoms with Gasteiger partial charge in [0.25, 0.3) is 5.92 Å². The van der Waals surface area contributed by atoms with Gasteiger partial charge in [0.1, 0.15) is 23.7 Å². The zero-order chi connectivity index (χ0) is 27.3. The predicted octanol–water partition coefficient (Wildman–Crippen LogP) is 5.28. The van der Waals surface area contributed by atoms with E-state index in [4.69, 9.17) is 9.98 Å². The summed E-state index contributed by atoms with van der Waals surface area (Å²) in [6.07, 6.45) is 6.73. The number of nitrogens with one attached hydrogen (secondary N) is 2. The summed E-state index contributed by atoms with van der Waals surface area (Å²) < 4.78 is 40.8. The second-order valence-electron chi connectivity index (χ2n) is 10.0. The first kappa shape index (κ1) is 24.4. The maximum Gasteiger partial charge on any atom is 0.261 e. The van der Waals surface area contributed by atoms with Gasteiger partial charge in [0, 0.05) is 54.8 Å². The largest absolute Gasteiger partial charge is 0.364 e. The highest BCUT2D eigenvalue weighted by Crippen LogP contribution is 2.31. The number of rotatable bonds is 5. The Morgan fingerprint density at radius 2 is 1.85 bits per heavy atom. The fourth-order valence-electron chi connectivity index (χ4n) is 5.22. The zero-order valence-electron chi connectivity index (χ0n) is 21.2. The lowest BCUT2D eigenvalue weighted by atomic mass is 10.0. The molecule has 1 fully saturated rings. The summed E-state index contributed by atoms with van der Waals surface area (Å²) in [5, 5.41) is 3.25. The quantitative estimate of drug-likeness (QED) is 0.315. The highest BCUT2D eigenvalue weighted by molar-refractivity contribution is 6.16. The van der Waals surface area contributed by atoms with Crippen LogP contribution in [0.4, 0.5) is 18.9 Å². The minimum absolute atomic E-state index is 0.120. The van der Waals surface area contributed by atoms with Gasteiger partial charge in [-0.1, -0.05) is 0 Å². The first-order valence-corrected chi connectivity index (χ1v) is 12.9. The lowest BCUT2D eigenvalue weighted by molar-refractivity contribution is 0.0115. The highest BCUT2D eigenvalue weighted by Gasteiger charge is 2.38. The van der Waals surface area contributed by atoms with E-state index >= 15 is 0 Å². The van der Waals surface area contributed by atoms with Crippen molar-refractivity contribution in [2.75, 3.05) is 25.1 Å². The molecule has 0 saturated carbocycles. The van der Waals surface area contributed by atoms with Crippen LogP contribution in [-0.4, -0.2) is 61.2 Å². The van der Waals surface area contributed by atoms with E-state index < -0.39 is 5.92 Å². The Labute approximate surface area is 227 Å². The molecule has 8 nitrogen and oxygen atoms in total. The molecule has 11 heteroatoms. The van der Waals surface area contributed by atoms with Crippen molar-refractivity contribution in [3.05, 3.63) is 90.0 Å². The van der Waals surface area contributed by atoms with E-state index in [1.165, 1.54) is 12.1 Å². The van der Waals surface area contributed by atoms with Crippen molar-refractivity contribution in [3.63, 3.8) is 0 Å². The predicted molar refractivity (Wildman–Crippen MR) is 146 cm³/mol. The molecule has 0 radical (unpaired) electrons. The van der Waals surface area contributed by atoms with E-state index in [0.29, 0.717) is 48.2 Å². The summed E-state index contributed by atoms with van der Waals surface area (Å²) in [5.74, 6) is -2.38. The van der Waals surface area contributed by atoms with E-state index in [9.17, 15) is 13.2 Å². The molecule has 40 heavy (non-hydrogen) atoms. The number of hydrogen-bond donors (Lipinski definition) is 2. The van der Waals surface area contributed by atoms with Crippen LogP contribution in [0, 0.1) is 5.82 Å². The lowest BCUT2D eigenvalue weighted by Gasteiger charge is -2.18. The number of anilines is 1. The first-order chi connectivity index (χ1) is 19.4. The van der Waals surface area contributed by atoms with Crippen LogP contribution in [0.2, 0.25) is 0 Å². The van der Waals surface area contributed by atoms with E-state index in [1.807, 2.05) is 18.2 Å². The van der Waals surface area contributed by atoms with Crippen LogP contribution in [-0.2, 0) is 6.54 Å². The van der Waals surface area contributed by atoms with Crippen LogP contribution in [0.3, 0.4) is 0 Å². The molecule has 0 unspecified atom stereocenters. The molecule has 4 aromatic heterocycles. The summed E-state index contributed by atoms with van der Waals surface area (Å²) in [4.78, 5) is 28.1. The van der Waals surface area contributed by atoms with E-state index in [0.717, 1.165) is 33.5 Å². The Morgan fingerprint density at radius 1 is 0.975 bits per heavy atom. The van der Waals surface area contributed by atoms with Crippen LogP contribution < -0.4 is 5.32 Å². The molecule has 5 aromatic rings. The molecule has 0 bridgehead atoms. The SMILES string of the molecule is Fc1ccc(-c2nccc3[nH]c(C4=NCNc5cnc(-c6cncc(CN7CCC(F)(F)C7)c6)cc54)nc23)cc1. The van der Waals surface area contributed by atoms with Crippen LogP contribution in [0.1, 0.15) is 23.4 Å². The number of aliphatic imine (C=N–C) groups is 1. The summed E-state index contributed by atoms with van der Waals surface area (Å²) in [6, 6.07) is 11.9. The maximum absolute atomic E-state index is 13.7. The van der Waals surface area contributed by atoms with Gasteiger partial charge in [0.05, 0.1) is 35.3 Å². The molecule has 2 aliphatic heterocycles. The summed E-state index contributed by atoms with van der Waals surface area (Å²) >= 11 is 0. The smallest absolute Gasteiger partial charge is 0.261 e. The van der Waals surface area contributed by atoms with Gasteiger partial charge in [-0.3, -0.25) is 24.8 Å². The molecular formula is C29H23F3N8. The topological polar surface area (TPSA) is 95.0 Å². The number of aromatic nitrogens is 5.